The number of carbonyl (C=O) groups is 2. The van der Waals surface area contributed by atoms with Gasteiger partial charge in [-0.2, -0.15) is 5.10 Å². The monoisotopic (exact) mass is 421 g/mol. The molecule has 3 heterocycles. The van der Waals surface area contributed by atoms with Crippen molar-refractivity contribution in [3.05, 3.63) is 59.5 Å². The summed E-state index contributed by atoms with van der Waals surface area (Å²) in [6.07, 6.45) is 3.84. The SMILES string of the molecule is CNC(=O)c1ccc(Oc2cc(C(=O)Nc3ccn(C)n3)cc3c2CC(C)(C)O3)cn1. The molecule has 4 rings (SSSR count). The Hall–Kier alpha value is -3.88. The van der Waals surface area contributed by atoms with Crippen molar-refractivity contribution in [2.24, 2.45) is 7.05 Å². The molecular weight excluding hydrogens is 398 g/mol. The number of amides is 2. The Labute approximate surface area is 179 Å². The van der Waals surface area contributed by atoms with Crippen LogP contribution in [0, 0.1) is 0 Å². The van der Waals surface area contributed by atoms with Gasteiger partial charge in [-0.05, 0) is 38.1 Å². The quantitative estimate of drug-likeness (QED) is 0.656. The van der Waals surface area contributed by atoms with Gasteiger partial charge in [-0.15, -0.1) is 0 Å². The van der Waals surface area contributed by atoms with Crippen LogP contribution in [0.3, 0.4) is 0 Å². The van der Waals surface area contributed by atoms with Crippen LogP contribution in [-0.2, 0) is 13.5 Å². The Kier molecular flexibility index (Phi) is 5.10. The van der Waals surface area contributed by atoms with Gasteiger partial charge in [-0.3, -0.25) is 14.3 Å². The minimum absolute atomic E-state index is 0.282. The van der Waals surface area contributed by atoms with Crippen LogP contribution in [0.4, 0.5) is 5.82 Å². The van der Waals surface area contributed by atoms with E-state index in [1.165, 1.54) is 6.20 Å². The lowest BCUT2D eigenvalue weighted by Crippen LogP contribution is -2.24. The summed E-state index contributed by atoms with van der Waals surface area (Å²) in [6.45, 7) is 3.95. The van der Waals surface area contributed by atoms with Gasteiger partial charge in [0.15, 0.2) is 5.82 Å². The lowest BCUT2D eigenvalue weighted by Gasteiger charge is -2.16. The van der Waals surface area contributed by atoms with E-state index in [9.17, 15) is 9.59 Å². The molecular formula is C22H23N5O4. The fraction of sp³-hybridized carbons (Fsp3) is 0.273. The number of benzene rings is 1. The first-order chi connectivity index (χ1) is 14.7. The van der Waals surface area contributed by atoms with Gasteiger partial charge in [0.2, 0.25) is 0 Å². The Balaban J connectivity index is 1.64. The maximum absolute atomic E-state index is 12.8. The van der Waals surface area contributed by atoms with Gasteiger partial charge in [0, 0.05) is 43.9 Å². The lowest BCUT2D eigenvalue weighted by atomic mass is 9.99. The fourth-order valence-corrected chi connectivity index (χ4v) is 3.37. The van der Waals surface area contributed by atoms with Gasteiger partial charge >= 0.3 is 0 Å². The van der Waals surface area contributed by atoms with Crippen molar-refractivity contribution in [3.8, 4) is 17.2 Å². The standard InChI is InChI=1S/C22H23N5O4/c1-22(2)11-15-17(30-14-5-6-16(24-12-14)21(29)23-3)9-13(10-18(15)31-22)20(28)25-19-7-8-27(4)26-19/h5-10,12H,11H2,1-4H3,(H,23,29)(H,25,26,28). The summed E-state index contributed by atoms with van der Waals surface area (Å²) in [7, 11) is 3.32. The molecule has 0 bridgehead atoms. The summed E-state index contributed by atoms with van der Waals surface area (Å²) in [6, 6.07) is 8.33. The van der Waals surface area contributed by atoms with Gasteiger partial charge < -0.3 is 20.1 Å². The first kappa shape index (κ1) is 20.4. The summed E-state index contributed by atoms with van der Waals surface area (Å²) in [5.74, 6) is 1.39. The Morgan fingerprint density at radius 3 is 2.65 bits per heavy atom. The van der Waals surface area contributed by atoms with Crippen LogP contribution >= 0.6 is 0 Å². The zero-order chi connectivity index (χ0) is 22.2. The maximum atomic E-state index is 12.8. The topological polar surface area (TPSA) is 107 Å². The molecule has 1 aliphatic rings. The van der Waals surface area contributed by atoms with Crippen molar-refractivity contribution in [2.45, 2.75) is 25.9 Å². The lowest BCUT2D eigenvalue weighted by molar-refractivity contribution is 0.0957. The fourth-order valence-electron chi connectivity index (χ4n) is 3.37. The molecule has 0 atom stereocenters. The zero-order valence-electron chi connectivity index (χ0n) is 17.7. The van der Waals surface area contributed by atoms with Crippen molar-refractivity contribution in [2.75, 3.05) is 12.4 Å². The molecule has 3 aromatic rings. The van der Waals surface area contributed by atoms with Crippen LogP contribution in [0.1, 0.15) is 40.3 Å². The van der Waals surface area contributed by atoms with Crippen LogP contribution in [0.25, 0.3) is 0 Å². The smallest absolute Gasteiger partial charge is 0.269 e. The second-order valence-corrected chi connectivity index (χ2v) is 7.88. The molecule has 0 saturated heterocycles. The second kappa shape index (κ2) is 7.75. The van der Waals surface area contributed by atoms with E-state index in [1.54, 1.807) is 55.3 Å². The van der Waals surface area contributed by atoms with E-state index in [0.717, 1.165) is 5.56 Å². The minimum atomic E-state index is -0.419. The molecule has 2 amide bonds. The maximum Gasteiger partial charge on any atom is 0.269 e. The Morgan fingerprint density at radius 1 is 1.19 bits per heavy atom. The predicted molar refractivity (Wildman–Crippen MR) is 114 cm³/mol. The summed E-state index contributed by atoms with van der Waals surface area (Å²) in [5, 5.41) is 9.47. The number of nitrogens with zero attached hydrogens (tertiary/aromatic N) is 3. The number of ether oxygens (including phenoxy) is 2. The average Bonchev–Trinajstić information content (AvgIpc) is 3.28. The number of fused-ring (bicyclic) bond motifs is 1. The van der Waals surface area contributed by atoms with E-state index in [4.69, 9.17) is 9.47 Å². The van der Waals surface area contributed by atoms with Gasteiger partial charge in [0.05, 0.1) is 6.20 Å². The Morgan fingerprint density at radius 2 is 2.00 bits per heavy atom. The second-order valence-electron chi connectivity index (χ2n) is 7.88. The molecule has 2 aromatic heterocycles. The zero-order valence-corrected chi connectivity index (χ0v) is 17.7. The van der Waals surface area contributed by atoms with E-state index < -0.39 is 5.60 Å². The predicted octanol–water partition coefficient (Wildman–Crippen LogP) is 2.93. The van der Waals surface area contributed by atoms with Crippen LogP contribution < -0.4 is 20.1 Å². The first-order valence-electron chi connectivity index (χ1n) is 9.77. The normalized spacial score (nSPS) is 13.8. The summed E-state index contributed by atoms with van der Waals surface area (Å²) >= 11 is 0. The number of aryl methyl sites for hydroxylation is 1. The molecule has 31 heavy (non-hydrogen) atoms. The van der Waals surface area contributed by atoms with Crippen molar-refractivity contribution in [1.82, 2.24) is 20.1 Å². The number of carbonyl (C=O) groups excluding carboxylic acids is 2. The molecule has 0 fully saturated rings. The van der Waals surface area contributed by atoms with E-state index in [2.05, 4.69) is 20.7 Å². The molecule has 2 N–H and O–H groups in total. The molecule has 1 aliphatic heterocycles. The third-order valence-electron chi connectivity index (χ3n) is 4.80. The summed E-state index contributed by atoms with van der Waals surface area (Å²) in [4.78, 5) is 28.6. The number of rotatable bonds is 5. The first-order valence-corrected chi connectivity index (χ1v) is 9.77. The molecule has 0 saturated carbocycles. The number of nitrogens with one attached hydrogen (secondary N) is 2. The molecule has 0 aliphatic carbocycles. The highest BCUT2D eigenvalue weighted by Gasteiger charge is 2.34. The summed E-state index contributed by atoms with van der Waals surface area (Å²) < 4.78 is 13.7. The highest BCUT2D eigenvalue weighted by atomic mass is 16.5. The van der Waals surface area contributed by atoms with E-state index in [1.807, 2.05) is 13.8 Å². The van der Waals surface area contributed by atoms with Gasteiger partial charge in [-0.25, -0.2) is 4.98 Å². The van der Waals surface area contributed by atoms with Crippen LogP contribution in [0.5, 0.6) is 17.2 Å². The van der Waals surface area contributed by atoms with E-state index >= 15 is 0 Å². The molecule has 0 spiro atoms. The molecule has 9 nitrogen and oxygen atoms in total. The highest BCUT2D eigenvalue weighted by molar-refractivity contribution is 6.04. The molecule has 9 heteroatoms. The summed E-state index contributed by atoms with van der Waals surface area (Å²) in [5.41, 5.74) is 1.12. The molecule has 0 unspecified atom stereocenters. The van der Waals surface area contributed by atoms with Crippen molar-refractivity contribution >= 4 is 17.6 Å². The Bertz CT molecular complexity index is 1150. The molecule has 0 radical (unpaired) electrons. The number of aromatic nitrogens is 3. The van der Waals surface area contributed by atoms with Crippen molar-refractivity contribution in [1.29, 1.82) is 0 Å². The van der Waals surface area contributed by atoms with Crippen LogP contribution in [0.15, 0.2) is 42.7 Å². The molecule has 1 aromatic carbocycles. The van der Waals surface area contributed by atoms with Crippen molar-refractivity contribution in [3.63, 3.8) is 0 Å². The van der Waals surface area contributed by atoms with Crippen LogP contribution in [-0.4, -0.2) is 39.2 Å². The number of anilines is 1. The van der Waals surface area contributed by atoms with E-state index in [-0.39, 0.29) is 17.5 Å². The number of hydrogen-bond acceptors (Lipinski definition) is 6. The largest absolute Gasteiger partial charge is 0.487 e. The third kappa shape index (κ3) is 4.35. The number of hydrogen-bond donors (Lipinski definition) is 2. The van der Waals surface area contributed by atoms with E-state index in [0.29, 0.717) is 35.1 Å². The van der Waals surface area contributed by atoms with Crippen molar-refractivity contribution < 1.29 is 19.1 Å². The van der Waals surface area contributed by atoms with Gasteiger partial charge in [0.1, 0.15) is 28.5 Å². The van der Waals surface area contributed by atoms with Crippen LogP contribution in [0.2, 0.25) is 0 Å². The minimum Gasteiger partial charge on any atom is -0.487 e. The number of pyridine rings is 1. The third-order valence-corrected chi connectivity index (χ3v) is 4.80. The molecule has 160 valence electrons. The average molecular weight is 421 g/mol. The van der Waals surface area contributed by atoms with Gasteiger partial charge in [-0.1, -0.05) is 0 Å². The highest BCUT2D eigenvalue weighted by Crippen LogP contribution is 2.43. The van der Waals surface area contributed by atoms with Gasteiger partial charge in [0.25, 0.3) is 11.8 Å².